The highest BCUT2D eigenvalue weighted by molar-refractivity contribution is 6.10. The van der Waals surface area contributed by atoms with Crippen LogP contribution in [0.1, 0.15) is 42.6 Å². The van der Waals surface area contributed by atoms with Crippen LogP contribution in [0, 0.1) is 5.82 Å². The average Bonchev–Trinajstić information content (AvgIpc) is 3.03. The molecule has 2 aromatic carbocycles. The molecule has 0 bridgehead atoms. The van der Waals surface area contributed by atoms with Crippen LogP contribution in [0.4, 0.5) is 14.9 Å². The predicted molar refractivity (Wildman–Crippen MR) is 114 cm³/mol. The monoisotopic (exact) mass is 441 g/mol. The Morgan fingerprint density at radius 3 is 2.31 bits per heavy atom. The summed E-state index contributed by atoms with van der Waals surface area (Å²) in [5, 5.41) is 5.24. The fourth-order valence-electron chi connectivity index (χ4n) is 3.46. The van der Waals surface area contributed by atoms with Crippen molar-refractivity contribution >= 4 is 29.5 Å². The van der Waals surface area contributed by atoms with Crippen molar-refractivity contribution in [3.05, 3.63) is 65.5 Å². The van der Waals surface area contributed by atoms with E-state index in [-0.39, 0.29) is 6.42 Å². The number of esters is 1. The number of amides is 4. The van der Waals surface area contributed by atoms with Gasteiger partial charge in [0.1, 0.15) is 17.9 Å². The Balaban J connectivity index is 1.67. The second-order valence-corrected chi connectivity index (χ2v) is 7.35. The zero-order valence-electron chi connectivity index (χ0n) is 17.8. The lowest BCUT2D eigenvalue weighted by molar-refractivity contribution is -0.134. The number of carbonyl (C=O) groups excluding carboxylic acids is 4. The molecule has 1 heterocycles. The highest BCUT2D eigenvalue weighted by atomic mass is 19.1. The van der Waals surface area contributed by atoms with Crippen LogP contribution in [0.3, 0.4) is 0 Å². The van der Waals surface area contributed by atoms with E-state index in [1.807, 2.05) is 6.92 Å². The van der Waals surface area contributed by atoms with Crippen LogP contribution in [0.2, 0.25) is 0 Å². The summed E-state index contributed by atoms with van der Waals surface area (Å²) in [4.78, 5) is 50.7. The molecule has 3 rings (SSSR count). The van der Waals surface area contributed by atoms with Gasteiger partial charge in [-0.2, -0.15) is 0 Å². The normalized spacial score (nSPS) is 17.8. The van der Waals surface area contributed by atoms with Crippen LogP contribution >= 0.6 is 0 Å². The van der Waals surface area contributed by atoms with Crippen LogP contribution in [0.5, 0.6) is 0 Å². The molecule has 0 saturated carbocycles. The summed E-state index contributed by atoms with van der Waals surface area (Å²) in [5.41, 5.74) is -0.175. The minimum absolute atomic E-state index is 0.233. The van der Waals surface area contributed by atoms with Crippen molar-refractivity contribution in [1.29, 1.82) is 0 Å². The minimum atomic E-state index is -1.36. The molecule has 4 amide bonds. The molecule has 1 aliphatic heterocycles. The number of urea groups is 1. The van der Waals surface area contributed by atoms with E-state index >= 15 is 0 Å². The molecule has 1 aliphatic rings. The van der Waals surface area contributed by atoms with Gasteiger partial charge in [0, 0.05) is 5.69 Å². The number of nitrogens with zero attached hydrogens (tertiary/aromatic N) is 1. The van der Waals surface area contributed by atoms with Gasteiger partial charge in [0.15, 0.2) is 0 Å². The smallest absolute Gasteiger partial charge is 0.338 e. The fourth-order valence-corrected chi connectivity index (χ4v) is 3.46. The van der Waals surface area contributed by atoms with E-state index in [0.29, 0.717) is 29.8 Å². The maximum absolute atomic E-state index is 13.3. The van der Waals surface area contributed by atoms with Gasteiger partial charge < -0.3 is 15.4 Å². The second-order valence-electron chi connectivity index (χ2n) is 7.35. The van der Waals surface area contributed by atoms with Gasteiger partial charge in [-0.15, -0.1) is 0 Å². The topological polar surface area (TPSA) is 105 Å². The Bertz CT molecular complexity index is 1020. The lowest BCUT2D eigenvalue weighted by Gasteiger charge is -2.25. The third-order valence-corrected chi connectivity index (χ3v) is 5.19. The Hall–Kier alpha value is -3.75. The molecule has 0 spiro atoms. The van der Waals surface area contributed by atoms with Crippen LogP contribution in [0.15, 0.2) is 48.5 Å². The van der Waals surface area contributed by atoms with E-state index < -0.39 is 41.7 Å². The first-order chi connectivity index (χ1) is 15.3. The van der Waals surface area contributed by atoms with Crippen molar-refractivity contribution in [3.63, 3.8) is 0 Å². The summed E-state index contributed by atoms with van der Waals surface area (Å²) in [6, 6.07) is 10.7. The van der Waals surface area contributed by atoms with E-state index in [4.69, 9.17) is 4.74 Å². The summed E-state index contributed by atoms with van der Waals surface area (Å²) in [7, 11) is 0. The molecular formula is C23H24FN3O5. The van der Waals surface area contributed by atoms with Crippen LogP contribution < -0.4 is 10.6 Å². The zero-order chi connectivity index (χ0) is 23.3. The lowest BCUT2D eigenvalue weighted by Crippen LogP contribution is -2.44. The van der Waals surface area contributed by atoms with E-state index in [1.165, 1.54) is 48.5 Å². The van der Waals surface area contributed by atoms with Crippen LogP contribution in [-0.2, 0) is 19.9 Å². The van der Waals surface area contributed by atoms with Gasteiger partial charge in [-0.05, 0) is 54.8 Å². The molecule has 2 N–H and O–H groups in total. The molecule has 1 fully saturated rings. The Morgan fingerprint density at radius 1 is 1.06 bits per heavy atom. The van der Waals surface area contributed by atoms with Gasteiger partial charge in [-0.1, -0.05) is 26.0 Å². The van der Waals surface area contributed by atoms with E-state index in [2.05, 4.69) is 10.6 Å². The standard InChI is InChI=1S/C23H24FN3O5/c1-3-13-32-20(29)15-5-11-18(12-6-15)25-19(28)14-27-21(30)23(4-2,26-22(27)31)16-7-9-17(24)10-8-16/h5-12H,3-4,13-14H2,1-2H3,(H,25,28)(H,26,31). The van der Waals surface area contributed by atoms with Crippen molar-refractivity contribution in [2.75, 3.05) is 18.5 Å². The molecule has 8 nitrogen and oxygen atoms in total. The molecule has 0 aliphatic carbocycles. The highest BCUT2D eigenvalue weighted by Gasteiger charge is 2.51. The van der Waals surface area contributed by atoms with Gasteiger partial charge in [-0.3, -0.25) is 14.5 Å². The summed E-state index contributed by atoms with van der Waals surface area (Å²) in [6.45, 7) is 3.44. The minimum Gasteiger partial charge on any atom is -0.462 e. The van der Waals surface area contributed by atoms with Gasteiger partial charge in [-0.25, -0.2) is 14.0 Å². The molecule has 168 valence electrons. The maximum atomic E-state index is 13.3. The number of rotatable bonds is 8. The molecule has 1 atom stereocenters. The van der Waals surface area contributed by atoms with Crippen molar-refractivity contribution in [2.24, 2.45) is 0 Å². The first kappa shape index (κ1) is 22.9. The van der Waals surface area contributed by atoms with Crippen LogP contribution in [0.25, 0.3) is 0 Å². The number of benzene rings is 2. The van der Waals surface area contributed by atoms with Crippen molar-refractivity contribution in [3.8, 4) is 0 Å². The van der Waals surface area contributed by atoms with Gasteiger partial charge >= 0.3 is 12.0 Å². The summed E-state index contributed by atoms with van der Waals surface area (Å²) >= 11 is 0. The SMILES string of the molecule is CCCOC(=O)c1ccc(NC(=O)CN2C(=O)NC(CC)(c3ccc(F)cc3)C2=O)cc1. The lowest BCUT2D eigenvalue weighted by atomic mass is 9.87. The molecule has 1 saturated heterocycles. The quantitative estimate of drug-likeness (QED) is 0.484. The summed E-state index contributed by atoms with van der Waals surface area (Å²) < 4.78 is 18.3. The Morgan fingerprint density at radius 2 is 1.72 bits per heavy atom. The number of hydrogen-bond donors (Lipinski definition) is 2. The first-order valence-electron chi connectivity index (χ1n) is 10.3. The molecule has 0 radical (unpaired) electrons. The summed E-state index contributed by atoms with van der Waals surface area (Å²) in [5.74, 6) is -2.08. The van der Waals surface area contributed by atoms with Gasteiger partial charge in [0.2, 0.25) is 5.91 Å². The number of anilines is 1. The molecule has 32 heavy (non-hydrogen) atoms. The Labute approximate surface area is 184 Å². The molecule has 0 aromatic heterocycles. The van der Waals surface area contributed by atoms with Crippen molar-refractivity contribution < 1.29 is 28.3 Å². The predicted octanol–water partition coefficient (Wildman–Crippen LogP) is 3.19. The Kier molecular flexibility index (Phi) is 6.87. The maximum Gasteiger partial charge on any atom is 0.338 e. The number of ether oxygens (including phenoxy) is 1. The van der Waals surface area contributed by atoms with Crippen molar-refractivity contribution in [2.45, 2.75) is 32.2 Å². The third-order valence-electron chi connectivity index (χ3n) is 5.19. The van der Waals surface area contributed by atoms with Crippen molar-refractivity contribution in [1.82, 2.24) is 10.2 Å². The van der Waals surface area contributed by atoms with E-state index in [9.17, 15) is 23.6 Å². The molecular weight excluding hydrogens is 417 g/mol. The van der Waals surface area contributed by atoms with Gasteiger partial charge in [0.25, 0.3) is 5.91 Å². The second kappa shape index (κ2) is 9.59. The number of halogens is 1. The summed E-state index contributed by atoms with van der Waals surface area (Å²) in [6.07, 6.45) is 0.945. The zero-order valence-corrected chi connectivity index (χ0v) is 17.8. The van der Waals surface area contributed by atoms with Gasteiger partial charge in [0.05, 0.1) is 12.2 Å². The number of carbonyl (C=O) groups is 4. The molecule has 1 unspecified atom stereocenters. The van der Waals surface area contributed by atoms with E-state index in [1.54, 1.807) is 6.92 Å². The van der Waals surface area contributed by atoms with Crippen LogP contribution in [-0.4, -0.2) is 41.9 Å². The number of nitrogens with one attached hydrogen (secondary N) is 2. The molecule has 2 aromatic rings. The van der Waals surface area contributed by atoms with E-state index in [0.717, 1.165) is 4.90 Å². The average molecular weight is 441 g/mol. The molecule has 9 heteroatoms. The third kappa shape index (κ3) is 4.61. The fraction of sp³-hybridized carbons (Fsp3) is 0.304. The highest BCUT2D eigenvalue weighted by Crippen LogP contribution is 2.32. The number of imide groups is 1. The first-order valence-corrected chi connectivity index (χ1v) is 10.3. The largest absolute Gasteiger partial charge is 0.462 e. The number of hydrogen-bond acceptors (Lipinski definition) is 5.